The molecule has 0 saturated heterocycles. The molecule has 0 aromatic heterocycles. The smallest absolute Gasteiger partial charge is 0.305 e. The third kappa shape index (κ3) is 17.3. The fourth-order valence-electron chi connectivity index (χ4n) is 11.5. The summed E-state index contributed by atoms with van der Waals surface area (Å²) in [5, 5.41) is 34.3. The first-order valence-electron chi connectivity index (χ1n) is 26.8. The van der Waals surface area contributed by atoms with Gasteiger partial charge in [0.2, 0.25) is 36.3 Å². The Bertz CT molecular complexity index is 2600. The van der Waals surface area contributed by atoms with Gasteiger partial charge in [-0.1, -0.05) is 144 Å². The largest absolute Gasteiger partial charge is 0.373 e. The van der Waals surface area contributed by atoms with Crippen molar-refractivity contribution >= 4 is 54.4 Å². The van der Waals surface area contributed by atoms with Crippen molar-refractivity contribution in [2.75, 3.05) is 6.54 Å². The van der Waals surface area contributed by atoms with Crippen LogP contribution in [0.5, 0.6) is 0 Å². The highest BCUT2D eigenvalue weighted by Crippen LogP contribution is 2.40. The number of benzene rings is 3. The Labute approximate surface area is 458 Å². The monoisotopic (exact) mass is 1090 g/mol. The van der Waals surface area contributed by atoms with Crippen molar-refractivity contribution in [1.82, 2.24) is 14.7 Å². The van der Waals surface area contributed by atoms with Crippen molar-refractivity contribution in [3.8, 4) is 0 Å². The first-order valence-corrected chi connectivity index (χ1v) is 26.8. The highest BCUT2D eigenvalue weighted by molar-refractivity contribution is 5.84. The minimum atomic E-state index is -0.788. The number of hydrogen-bond donors (Lipinski definition) is 0. The average molecular weight is 1090 g/mol. The summed E-state index contributed by atoms with van der Waals surface area (Å²) in [4.78, 5) is 126. The molecule has 21 nitrogen and oxygen atoms in total. The first-order chi connectivity index (χ1) is 38.2. The molecule has 3 amide bonds. The molecule has 9 rings (SSSR count). The minimum absolute atomic E-state index is 0.000391. The Kier molecular flexibility index (Phi) is 26.4. The number of fused-ring (bicyclic) bond motifs is 3. The zero-order valence-corrected chi connectivity index (χ0v) is 44.5. The summed E-state index contributed by atoms with van der Waals surface area (Å²) in [6.07, 6.45) is 27.8. The Morgan fingerprint density at radius 3 is 1.05 bits per heavy atom. The molecule has 3 saturated carbocycles. The summed E-state index contributed by atoms with van der Waals surface area (Å²) in [5.74, 6) is 0.146. The van der Waals surface area contributed by atoms with Crippen LogP contribution in [0.2, 0.25) is 0 Å². The van der Waals surface area contributed by atoms with Gasteiger partial charge in [-0.3, -0.25) is 44.7 Å². The zero-order valence-electron chi connectivity index (χ0n) is 44.5. The number of rotatable bonds is 11. The molecule has 0 spiro atoms. The highest BCUT2D eigenvalue weighted by atomic mass is 16.6. The van der Waals surface area contributed by atoms with Crippen molar-refractivity contribution in [1.29, 1.82) is 0 Å². The molecule has 79 heavy (non-hydrogen) atoms. The molecule has 5 atom stereocenters. The van der Waals surface area contributed by atoms with Gasteiger partial charge in [-0.05, 0) is 90.1 Å². The molecule has 3 heterocycles. The summed E-state index contributed by atoms with van der Waals surface area (Å²) in [5.41, 5.74) is 5.53. The topological polar surface area (TPSA) is 293 Å². The van der Waals surface area contributed by atoms with Crippen molar-refractivity contribution in [3.05, 3.63) is 155 Å². The summed E-state index contributed by atoms with van der Waals surface area (Å²) in [7, 11) is 0. The van der Waals surface area contributed by atoms with Crippen molar-refractivity contribution in [2.45, 2.75) is 153 Å². The highest BCUT2D eigenvalue weighted by Gasteiger charge is 2.44. The van der Waals surface area contributed by atoms with E-state index in [-0.39, 0.29) is 75.2 Å². The number of hydrogen-bond acceptors (Lipinski definition) is 15. The molecule has 3 aromatic carbocycles. The lowest BCUT2D eigenvalue weighted by Gasteiger charge is -2.37. The Hall–Kier alpha value is -8.37. The van der Waals surface area contributed by atoms with Crippen molar-refractivity contribution in [3.63, 3.8) is 0 Å². The lowest BCUT2D eigenvalue weighted by atomic mass is 9.85. The van der Waals surface area contributed by atoms with Gasteiger partial charge in [0.05, 0.1) is 0 Å². The van der Waals surface area contributed by atoms with Gasteiger partial charge in [0.1, 0.15) is 18.1 Å². The second kappa shape index (κ2) is 33.0. The predicted molar refractivity (Wildman–Crippen MR) is 284 cm³/mol. The molecular weight excluding hydrogens is 1020 g/mol. The van der Waals surface area contributed by atoms with Crippen LogP contribution in [-0.4, -0.2) is 84.3 Å². The van der Waals surface area contributed by atoms with Crippen molar-refractivity contribution in [2.24, 2.45) is 17.8 Å². The summed E-state index contributed by atoms with van der Waals surface area (Å²) in [6.45, 7) is 3.38. The number of nitrogens with zero attached hydrogens (tertiary/aromatic N) is 6. The second-order valence-corrected chi connectivity index (χ2v) is 19.8. The molecule has 21 heteroatoms. The molecule has 3 aliphatic heterocycles. The maximum atomic E-state index is 13.1. The zero-order chi connectivity index (χ0) is 57.9. The standard InChI is InChI=1S/2C19H24N2O3.C17H20N2O3.3CO2/c2*1-2-17(21(23)24)18-16-11-7-6-8-14(16)12-13-20(18)19(22)15-9-4-3-5-10-15;20-17(14-7-2-1-3-8-14)18-11-10-13-6-4-5-9-15(13)16(18)12-19(21)22;3*2-1-3/h2*6-8,11-13,15,17-18H,2-5,9-10H2,1H3;4-6,9-11,14,16H,1-3,7-8,12H2;;;/t17?,18-;;16-;;;/m0.0.../s1. The van der Waals surface area contributed by atoms with Gasteiger partial charge >= 0.3 is 18.5 Å². The maximum absolute atomic E-state index is 13.1. The van der Waals surface area contributed by atoms with Crippen LogP contribution in [0.3, 0.4) is 0 Å². The maximum Gasteiger partial charge on any atom is 0.373 e. The van der Waals surface area contributed by atoms with E-state index in [1.54, 1.807) is 33.3 Å². The molecule has 6 aliphatic rings. The summed E-state index contributed by atoms with van der Waals surface area (Å²) in [6, 6.07) is 19.9. The third-order valence-electron chi connectivity index (χ3n) is 15.2. The molecule has 3 aliphatic carbocycles. The van der Waals surface area contributed by atoms with E-state index in [4.69, 9.17) is 28.8 Å². The number of amides is 3. The Morgan fingerprint density at radius 1 is 0.468 bits per heavy atom. The van der Waals surface area contributed by atoms with Crippen LogP contribution in [0.15, 0.2) is 91.4 Å². The molecule has 0 radical (unpaired) electrons. The molecule has 3 aromatic rings. The van der Waals surface area contributed by atoms with E-state index in [1.165, 1.54) is 19.3 Å². The van der Waals surface area contributed by atoms with Crippen LogP contribution >= 0.6 is 0 Å². The lowest BCUT2D eigenvalue weighted by Crippen LogP contribution is -2.44. The summed E-state index contributed by atoms with van der Waals surface area (Å²) >= 11 is 0. The molecule has 420 valence electrons. The lowest BCUT2D eigenvalue weighted by molar-refractivity contribution is -0.531. The molecular formula is C58H68N6O15. The fourth-order valence-corrected chi connectivity index (χ4v) is 11.5. The summed E-state index contributed by atoms with van der Waals surface area (Å²) < 4.78 is 0. The molecule has 0 bridgehead atoms. The first kappa shape index (κ1) is 63.2. The van der Waals surface area contributed by atoms with Crippen LogP contribution < -0.4 is 0 Å². The predicted octanol–water partition coefficient (Wildman–Crippen LogP) is 10.00. The van der Waals surface area contributed by atoms with E-state index in [1.807, 2.05) is 105 Å². The van der Waals surface area contributed by atoms with Crippen LogP contribution in [-0.2, 0) is 43.2 Å². The van der Waals surface area contributed by atoms with Gasteiger partial charge in [0, 0.05) is 64.0 Å². The molecule has 0 N–H and O–H groups in total. The van der Waals surface area contributed by atoms with E-state index >= 15 is 0 Å². The number of nitro groups is 3. The SMILES string of the molecule is CCC(C1c2ccccc2C=CN1C(=O)C1CCCCC1)[N+](=O)[O-].CCC([C@@H]1c2ccccc2C=CN1C(=O)C1CCCCC1)[N+](=O)[O-].O=C(C1CCCCC1)N1C=Cc2ccccc2[C@@H]1C[N+](=O)[O-].O=C=O.O=C=O.O=C=O. The number of carbonyl (C=O) groups is 3. The van der Waals surface area contributed by atoms with E-state index < -0.39 is 30.2 Å². The van der Waals surface area contributed by atoms with Crippen LogP contribution in [0.25, 0.3) is 18.2 Å². The van der Waals surface area contributed by atoms with E-state index in [2.05, 4.69) is 0 Å². The second-order valence-electron chi connectivity index (χ2n) is 19.8. The third-order valence-corrected chi connectivity index (χ3v) is 15.2. The Morgan fingerprint density at radius 2 is 0.747 bits per heavy atom. The van der Waals surface area contributed by atoms with Crippen LogP contribution in [0.4, 0.5) is 0 Å². The quantitative estimate of drug-likeness (QED) is 0.127. The van der Waals surface area contributed by atoms with Crippen LogP contribution in [0.1, 0.15) is 175 Å². The molecule has 3 fully saturated rings. The number of carbonyl (C=O) groups excluding carboxylic acids is 9. The van der Waals surface area contributed by atoms with Gasteiger partial charge < -0.3 is 14.7 Å². The average Bonchev–Trinajstić information content (AvgIpc) is 3.49. The normalized spacial score (nSPS) is 19.7. The Balaban J connectivity index is 0.000000237. The molecule has 3 unspecified atom stereocenters. The van der Waals surface area contributed by atoms with Crippen molar-refractivity contribution < 1.29 is 57.9 Å². The van der Waals surface area contributed by atoms with Gasteiger partial charge in [-0.15, -0.1) is 0 Å². The van der Waals surface area contributed by atoms with Gasteiger partial charge in [0.15, 0.2) is 0 Å². The fraction of sp³-hybridized carbons (Fsp3) is 0.483. The van der Waals surface area contributed by atoms with Gasteiger partial charge in [-0.2, -0.15) is 28.8 Å². The van der Waals surface area contributed by atoms with Crippen LogP contribution in [0, 0.1) is 48.1 Å². The minimum Gasteiger partial charge on any atom is -0.305 e. The van der Waals surface area contributed by atoms with E-state index in [0.717, 1.165) is 110 Å². The van der Waals surface area contributed by atoms with E-state index in [9.17, 15) is 44.7 Å². The van der Waals surface area contributed by atoms with Gasteiger partial charge in [-0.25, -0.2) is 0 Å². The van der Waals surface area contributed by atoms with Gasteiger partial charge in [0.25, 0.3) is 0 Å². The van der Waals surface area contributed by atoms with E-state index in [0.29, 0.717) is 12.8 Å².